The molecule has 0 spiro atoms. The van der Waals surface area contributed by atoms with Crippen LogP contribution in [0.5, 0.6) is 5.75 Å². The molecule has 0 bridgehead atoms. The molecule has 3 rings (SSSR count). The number of nitrogens with one attached hydrogen (secondary N) is 2. The highest BCUT2D eigenvalue weighted by atomic mass is 35.5. The van der Waals surface area contributed by atoms with Gasteiger partial charge in [-0.1, -0.05) is 36.7 Å². The third-order valence-electron chi connectivity index (χ3n) is 4.30. The van der Waals surface area contributed by atoms with E-state index in [9.17, 15) is 4.79 Å². The number of halogens is 1. The van der Waals surface area contributed by atoms with Gasteiger partial charge in [-0.05, 0) is 42.7 Å². The highest BCUT2D eigenvalue weighted by molar-refractivity contribution is 6.32. The van der Waals surface area contributed by atoms with E-state index in [0.717, 1.165) is 28.9 Å². The second kappa shape index (κ2) is 8.71. The second-order valence-corrected chi connectivity index (χ2v) is 6.59. The van der Waals surface area contributed by atoms with Gasteiger partial charge in [-0.25, -0.2) is 9.97 Å². The lowest BCUT2D eigenvalue weighted by molar-refractivity contribution is 0.102. The molecule has 6 nitrogen and oxygen atoms in total. The molecule has 0 radical (unpaired) electrons. The Morgan fingerprint density at radius 3 is 2.57 bits per heavy atom. The number of hydrogen-bond donors (Lipinski definition) is 2. The average Bonchev–Trinajstić information content (AvgIpc) is 2.70. The van der Waals surface area contributed by atoms with Crippen LogP contribution in [0.3, 0.4) is 0 Å². The van der Waals surface area contributed by atoms with E-state index in [4.69, 9.17) is 16.3 Å². The van der Waals surface area contributed by atoms with Crippen LogP contribution >= 0.6 is 11.6 Å². The first-order valence-electron chi connectivity index (χ1n) is 8.84. The molecule has 0 saturated heterocycles. The number of para-hydroxylation sites is 1. The van der Waals surface area contributed by atoms with Gasteiger partial charge in [-0.3, -0.25) is 4.79 Å². The normalized spacial score (nSPS) is 10.4. The number of anilines is 3. The minimum Gasteiger partial charge on any atom is -0.495 e. The first-order chi connectivity index (χ1) is 13.5. The molecule has 144 valence electrons. The van der Waals surface area contributed by atoms with Crippen molar-refractivity contribution in [1.82, 2.24) is 9.97 Å². The SMILES string of the molecule is CCc1cccc(C)c1NC(=O)c1cnc(Nc2ccc(OC)c(Cl)c2)nc1. The molecule has 0 atom stereocenters. The molecular formula is C21H21ClN4O2. The number of hydrogen-bond acceptors (Lipinski definition) is 5. The molecule has 0 aliphatic rings. The van der Waals surface area contributed by atoms with Crippen LogP contribution in [0.15, 0.2) is 48.8 Å². The van der Waals surface area contributed by atoms with Gasteiger partial charge in [0.25, 0.3) is 5.91 Å². The van der Waals surface area contributed by atoms with E-state index in [0.29, 0.717) is 22.3 Å². The van der Waals surface area contributed by atoms with Crippen molar-refractivity contribution < 1.29 is 9.53 Å². The lowest BCUT2D eigenvalue weighted by atomic mass is 10.1. The number of amides is 1. The number of ether oxygens (including phenoxy) is 1. The number of methoxy groups -OCH3 is 1. The maximum absolute atomic E-state index is 12.6. The van der Waals surface area contributed by atoms with Crippen LogP contribution in [0, 0.1) is 6.92 Å². The molecule has 0 unspecified atom stereocenters. The molecule has 1 aromatic heterocycles. The minimum absolute atomic E-state index is 0.247. The fourth-order valence-electron chi connectivity index (χ4n) is 2.77. The molecule has 0 aliphatic heterocycles. The fourth-order valence-corrected chi connectivity index (χ4v) is 3.03. The maximum Gasteiger partial charge on any atom is 0.258 e. The van der Waals surface area contributed by atoms with Crippen LogP contribution in [0.4, 0.5) is 17.3 Å². The van der Waals surface area contributed by atoms with Crippen molar-refractivity contribution in [3.8, 4) is 5.75 Å². The molecule has 0 saturated carbocycles. The van der Waals surface area contributed by atoms with Crippen LogP contribution in [-0.4, -0.2) is 23.0 Å². The number of carbonyl (C=O) groups is 1. The van der Waals surface area contributed by atoms with E-state index in [2.05, 4.69) is 27.5 Å². The Labute approximate surface area is 168 Å². The van der Waals surface area contributed by atoms with E-state index in [-0.39, 0.29) is 5.91 Å². The van der Waals surface area contributed by atoms with Crippen molar-refractivity contribution in [3.05, 3.63) is 70.5 Å². The fraction of sp³-hybridized carbons (Fsp3) is 0.190. The van der Waals surface area contributed by atoms with Crippen LogP contribution < -0.4 is 15.4 Å². The Hall–Kier alpha value is -3.12. The number of nitrogens with zero attached hydrogens (tertiary/aromatic N) is 2. The van der Waals surface area contributed by atoms with Crippen molar-refractivity contribution in [2.24, 2.45) is 0 Å². The van der Waals surface area contributed by atoms with Crippen LogP contribution in [-0.2, 0) is 6.42 Å². The molecule has 1 amide bonds. The van der Waals surface area contributed by atoms with Crippen molar-refractivity contribution in [2.75, 3.05) is 17.7 Å². The van der Waals surface area contributed by atoms with E-state index >= 15 is 0 Å². The minimum atomic E-state index is -0.247. The van der Waals surface area contributed by atoms with Crippen LogP contribution in [0.2, 0.25) is 5.02 Å². The zero-order valence-electron chi connectivity index (χ0n) is 15.9. The molecule has 7 heteroatoms. The highest BCUT2D eigenvalue weighted by Crippen LogP contribution is 2.28. The average molecular weight is 397 g/mol. The zero-order chi connectivity index (χ0) is 20.1. The van der Waals surface area contributed by atoms with Crippen LogP contribution in [0.1, 0.15) is 28.4 Å². The standard InChI is InChI=1S/C21H21ClN4O2/c1-4-14-7-5-6-13(2)19(14)26-20(27)15-11-23-21(24-12-15)25-16-8-9-18(28-3)17(22)10-16/h5-12H,4H2,1-3H3,(H,26,27)(H,23,24,25). The first kappa shape index (κ1) is 19.6. The monoisotopic (exact) mass is 396 g/mol. The van der Waals surface area contributed by atoms with Gasteiger partial charge >= 0.3 is 0 Å². The van der Waals surface area contributed by atoms with Crippen LogP contribution in [0.25, 0.3) is 0 Å². The summed E-state index contributed by atoms with van der Waals surface area (Å²) in [6, 6.07) is 11.2. The maximum atomic E-state index is 12.6. The first-order valence-corrected chi connectivity index (χ1v) is 9.22. The number of carbonyl (C=O) groups excluding carboxylic acids is 1. The number of aryl methyl sites for hydroxylation is 2. The van der Waals surface area contributed by atoms with Gasteiger partial charge in [0.05, 0.1) is 17.7 Å². The lowest BCUT2D eigenvalue weighted by Crippen LogP contribution is -2.15. The predicted molar refractivity (Wildman–Crippen MR) is 112 cm³/mol. The summed E-state index contributed by atoms with van der Waals surface area (Å²) >= 11 is 6.12. The summed E-state index contributed by atoms with van der Waals surface area (Å²) in [5.41, 5.74) is 4.04. The number of benzene rings is 2. The Balaban J connectivity index is 1.72. The summed E-state index contributed by atoms with van der Waals surface area (Å²) in [7, 11) is 1.56. The Kier molecular flexibility index (Phi) is 6.11. The topological polar surface area (TPSA) is 76.1 Å². The molecule has 3 aromatic rings. The largest absolute Gasteiger partial charge is 0.495 e. The third kappa shape index (κ3) is 4.40. The molecule has 1 heterocycles. The Morgan fingerprint density at radius 2 is 1.93 bits per heavy atom. The highest BCUT2D eigenvalue weighted by Gasteiger charge is 2.12. The summed E-state index contributed by atoms with van der Waals surface area (Å²) in [5.74, 6) is 0.703. The molecule has 2 N–H and O–H groups in total. The van der Waals surface area contributed by atoms with E-state index < -0.39 is 0 Å². The summed E-state index contributed by atoms with van der Waals surface area (Å²) in [4.78, 5) is 21.0. The van der Waals surface area contributed by atoms with Crippen molar-refractivity contribution >= 4 is 34.8 Å². The van der Waals surface area contributed by atoms with Crippen molar-refractivity contribution in [1.29, 1.82) is 0 Å². The van der Waals surface area contributed by atoms with Gasteiger partial charge in [-0.2, -0.15) is 0 Å². The molecule has 2 aromatic carbocycles. The van der Waals surface area contributed by atoms with Crippen molar-refractivity contribution in [3.63, 3.8) is 0 Å². The second-order valence-electron chi connectivity index (χ2n) is 6.19. The number of aromatic nitrogens is 2. The number of rotatable bonds is 6. The molecular weight excluding hydrogens is 376 g/mol. The van der Waals surface area contributed by atoms with E-state index in [1.807, 2.05) is 25.1 Å². The van der Waals surface area contributed by atoms with Gasteiger partial charge in [0.1, 0.15) is 5.75 Å². The summed E-state index contributed by atoms with van der Waals surface area (Å²) in [6.45, 7) is 4.03. The predicted octanol–water partition coefficient (Wildman–Crippen LogP) is 5.01. The third-order valence-corrected chi connectivity index (χ3v) is 4.60. The van der Waals surface area contributed by atoms with E-state index in [1.165, 1.54) is 12.4 Å². The quantitative estimate of drug-likeness (QED) is 0.612. The zero-order valence-corrected chi connectivity index (χ0v) is 16.7. The van der Waals surface area contributed by atoms with Gasteiger partial charge < -0.3 is 15.4 Å². The Bertz CT molecular complexity index is 990. The van der Waals surface area contributed by atoms with Gasteiger partial charge in [0, 0.05) is 23.8 Å². The molecule has 28 heavy (non-hydrogen) atoms. The smallest absolute Gasteiger partial charge is 0.258 e. The molecule has 0 fully saturated rings. The van der Waals surface area contributed by atoms with Gasteiger partial charge in [0.2, 0.25) is 5.95 Å². The Morgan fingerprint density at radius 1 is 1.18 bits per heavy atom. The molecule has 0 aliphatic carbocycles. The summed E-state index contributed by atoms with van der Waals surface area (Å²) in [6.07, 6.45) is 3.81. The van der Waals surface area contributed by atoms with Gasteiger partial charge in [-0.15, -0.1) is 0 Å². The summed E-state index contributed by atoms with van der Waals surface area (Å²) < 4.78 is 5.13. The van der Waals surface area contributed by atoms with E-state index in [1.54, 1.807) is 25.3 Å². The van der Waals surface area contributed by atoms with Gasteiger partial charge in [0.15, 0.2) is 0 Å². The lowest BCUT2D eigenvalue weighted by Gasteiger charge is -2.13. The van der Waals surface area contributed by atoms with Crippen molar-refractivity contribution in [2.45, 2.75) is 20.3 Å². The summed E-state index contributed by atoms with van der Waals surface area (Å²) in [5, 5.41) is 6.49.